The van der Waals surface area contributed by atoms with E-state index >= 15 is 0 Å². The van der Waals surface area contributed by atoms with Crippen LogP contribution >= 0.6 is 0 Å². The van der Waals surface area contributed by atoms with E-state index in [1.54, 1.807) is 20.9 Å². The van der Waals surface area contributed by atoms with Crippen molar-refractivity contribution in [2.24, 2.45) is 5.92 Å². The quantitative estimate of drug-likeness (QED) is 0.246. The van der Waals surface area contributed by atoms with Gasteiger partial charge in [0.25, 0.3) is 0 Å². The van der Waals surface area contributed by atoms with Gasteiger partial charge in [0.05, 0.1) is 0 Å². The molecule has 238 valence electrons. The van der Waals surface area contributed by atoms with E-state index in [4.69, 9.17) is 0 Å². The van der Waals surface area contributed by atoms with Gasteiger partial charge in [-0.05, 0) is 0 Å². The molecule has 2 aliphatic rings. The largest absolute Gasteiger partial charge is 1.00 e. The first-order valence-electron chi connectivity index (χ1n) is 16.5. The molecule has 4 aromatic carbocycles. The minimum absolute atomic E-state index is 0. The zero-order valence-electron chi connectivity index (χ0n) is 29.0. The Labute approximate surface area is 298 Å². The summed E-state index contributed by atoms with van der Waals surface area (Å²) in [6.07, 6.45) is 4.71. The summed E-state index contributed by atoms with van der Waals surface area (Å²) < 4.78 is 5.23. The Kier molecular flexibility index (Phi) is 11.2. The molecule has 0 spiro atoms. The molecule has 6 rings (SSSR count). The third-order valence-corrected chi connectivity index (χ3v) is 18.9. The molecule has 1 atom stereocenters. The predicted molar refractivity (Wildman–Crippen MR) is 189 cm³/mol. The molecule has 3 heteroatoms. The number of hydrogen-bond acceptors (Lipinski definition) is 0. The van der Waals surface area contributed by atoms with E-state index in [1.165, 1.54) is 44.5 Å². The zero-order chi connectivity index (χ0) is 31.4. The van der Waals surface area contributed by atoms with Crippen LogP contribution in [0.4, 0.5) is 0 Å². The molecule has 0 saturated carbocycles. The van der Waals surface area contributed by atoms with Gasteiger partial charge in [0.2, 0.25) is 0 Å². The second kappa shape index (κ2) is 14.0. The number of halogens is 2. The third-order valence-electron chi connectivity index (χ3n) is 9.81. The summed E-state index contributed by atoms with van der Waals surface area (Å²) in [5.41, 5.74) is 15.0. The molecule has 0 amide bonds. The maximum absolute atomic E-state index is 2.75. The van der Waals surface area contributed by atoms with Crippen LogP contribution in [0.3, 0.4) is 0 Å². The Hall–Kier alpha value is -2.31. The molecule has 46 heavy (non-hydrogen) atoms. The van der Waals surface area contributed by atoms with Crippen molar-refractivity contribution in [2.75, 3.05) is 0 Å². The second-order valence-electron chi connectivity index (χ2n) is 14.9. The fourth-order valence-corrected chi connectivity index (χ4v) is 17.4. The monoisotopic (exact) mass is 724 g/mol. The summed E-state index contributed by atoms with van der Waals surface area (Å²) in [4.78, 5) is 0. The normalized spacial score (nSPS) is 15.8. The molecule has 2 aliphatic carbocycles. The van der Waals surface area contributed by atoms with Gasteiger partial charge in [-0.25, -0.2) is 0 Å². The van der Waals surface area contributed by atoms with Crippen LogP contribution in [0.15, 0.2) is 106 Å². The summed E-state index contributed by atoms with van der Waals surface area (Å²) in [6, 6.07) is 34.8. The molecule has 0 saturated heterocycles. The summed E-state index contributed by atoms with van der Waals surface area (Å²) in [6.45, 7) is 21.6. The van der Waals surface area contributed by atoms with Gasteiger partial charge in [-0.15, -0.1) is 0 Å². The zero-order valence-corrected chi connectivity index (χ0v) is 33.0. The van der Waals surface area contributed by atoms with Gasteiger partial charge < -0.3 is 24.8 Å². The average Bonchev–Trinajstić information content (AvgIpc) is 3.51. The van der Waals surface area contributed by atoms with Crippen LogP contribution in [0, 0.1) is 5.92 Å². The number of benzene rings is 4. The average molecular weight is 727 g/mol. The molecule has 0 fully saturated rings. The Morgan fingerprint density at radius 3 is 1.96 bits per heavy atom. The van der Waals surface area contributed by atoms with E-state index in [2.05, 4.69) is 159 Å². The van der Waals surface area contributed by atoms with Crippen LogP contribution in [0.5, 0.6) is 0 Å². The van der Waals surface area contributed by atoms with Crippen LogP contribution in [-0.4, -0.2) is 3.21 Å². The first-order valence-corrected chi connectivity index (χ1v) is 20.2. The molecule has 1 unspecified atom stereocenters. The summed E-state index contributed by atoms with van der Waals surface area (Å²) in [7, 11) is 0. The topological polar surface area (TPSA) is 0 Å². The number of rotatable bonds is 5. The molecule has 0 nitrogen and oxygen atoms in total. The van der Waals surface area contributed by atoms with Crippen molar-refractivity contribution in [1.29, 1.82) is 0 Å². The van der Waals surface area contributed by atoms with Crippen LogP contribution < -0.4 is 28.1 Å². The molecule has 0 N–H and O–H groups in total. The number of hydrogen-bond donors (Lipinski definition) is 0. The Bertz CT molecular complexity index is 1830. The van der Waals surface area contributed by atoms with Crippen LogP contribution in [-0.2, 0) is 38.5 Å². The SMILES string of the molecule is CC/[C](c1ccccc1)=[Zr+2](\[C]1=C(C)C(c2ccccc2)=CC1C)[c]1c(C(C)(C)C)ccc2c1Cc1cc(C(C)(C)C)ccc1-2.[Cl-].[Cl-]. The molecule has 4 aromatic rings. The fourth-order valence-electron chi connectivity index (χ4n) is 7.56. The van der Waals surface area contributed by atoms with Gasteiger partial charge in [-0.1, -0.05) is 0 Å². The second-order valence-corrected chi connectivity index (χ2v) is 20.8. The predicted octanol–water partition coefficient (Wildman–Crippen LogP) is 4.74. The molecule has 0 bridgehead atoms. The smallest absolute Gasteiger partial charge is 1.00 e. The van der Waals surface area contributed by atoms with E-state index < -0.39 is 21.3 Å². The van der Waals surface area contributed by atoms with E-state index in [1.807, 2.05) is 0 Å². The van der Waals surface area contributed by atoms with Crippen molar-refractivity contribution in [2.45, 2.75) is 86.0 Å². The van der Waals surface area contributed by atoms with E-state index in [9.17, 15) is 0 Å². The van der Waals surface area contributed by atoms with Crippen molar-refractivity contribution in [3.63, 3.8) is 0 Å². The Balaban J connectivity index is 0.00000240. The number of allylic oxidation sites excluding steroid dienone is 4. The Morgan fingerprint density at radius 2 is 1.37 bits per heavy atom. The van der Waals surface area contributed by atoms with Crippen LogP contribution in [0.2, 0.25) is 0 Å². The molecule has 0 radical (unpaired) electrons. The minimum Gasteiger partial charge on any atom is -1.00 e. The maximum Gasteiger partial charge on any atom is -1.00 e. The summed E-state index contributed by atoms with van der Waals surface area (Å²) in [5, 5.41) is 0. The van der Waals surface area contributed by atoms with Gasteiger partial charge in [-0.2, -0.15) is 0 Å². The van der Waals surface area contributed by atoms with Gasteiger partial charge in [0, 0.05) is 0 Å². The molecule has 0 heterocycles. The standard InChI is InChI=1S/C21H25.C13H13.C9H10.2ClH.Zr/c1-20(2,3)16-7-9-18-14(12-16)11-15-13-17(21(4,5)6)8-10-19(15)18;1-10-8-11(2)13(9-10)12-6-4-3-5-7-12;1-2-6-9-7-4-3-5-8-9;;;/h7-10,12H,11H2,1-6H3;3-7,9-10H,1-2H3;3-5,7-8H,2H2,1H3;2*1H;/q;;;;;+2/p-2. The van der Waals surface area contributed by atoms with E-state index in [0.717, 1.165) is 12.8 Å². The molecular formula is C43H48Cl2Zr. The van der Waals surface area contributed by atoms with Gasteiger partial charge in [-0.3, -0.25) is 0 Å². The number of fused-ring (bicyclic) bond motifs is 3. The van der Waals surface area contributed by atoms with Crippen molar-refractivity contribution in [3.8, 4) is 11.1 Å². The van der Waals surface area contributed by atoms with E-state index in [-0.39, 0.29) is 35.6 Å². The summed E-state index contributed by atoms with van der Waals surface area (Å²) >= 11 is -2.75. The van der Waals surface area contributed by atoms with Crippen molar-refractivity contribution < 1.29 is 46.1 Å². The van der Waals surface area contributed by atoms with Gasteiger partial charge in [0.1, 0.15) is 0 Å². The first-order chi connectivity index (χ1) is 20.9. The van der Waals surface area contributed by atoms with Gasteiger partial charge >= 0.3 is 276 Å². The fraction of sp³-hybridized carbons (Fsp3) is 0.326. The summed E-state index contributed by atoms with van der Waals surface area (Å²) in [5.74, 6) is 0.435. The van der Waals surface area contributed by atoms with Crippen molar-refractivity contribution in [3.05, 3.63) is 139 Å². The molecule has 0 aliphatic heterocycles. The van der Waals surface area contributed by atoms with Crippen LogP contribution in [0.1, 0.15) is 102 Å². The molecule has 0 aromatic heterocycles. The van der Waals surface area contributed by atoms with Crippen molar-refractivity contribution >= 4 is 12.1 Å². The maximum atomic E-state index is 2.57. The first kappa shape index (κ1) is 36.5. The van der Waals surface area contributed by atoms with E-state index in [0.29, 0.717) is 5.92 Å². The van der Waals surface area contributed by atoms with Crippen LogP contribution in [0.25, 0.3) is 16.7 Å². The van der Waals surface area contributed by atoms with Crippen molar-refractivity contribution in [1.82, 2.24) is 0 Å². The molecular weight excluding hydrogens is 679 g/mol. The Morgan fingerprint density at radius 1 is 0.761 bits per heavy atom. The third kappa shape index (κ3) is 6.68. The minimum atomic E-state index is -2.75. The van der Waals surface area contributed by atoms with Gasteiger partial charge in [0.15, 0.2) is 0 Å².